The van der Waals surface area contributed by atoms with Crippen molar-refractivity contribution in [2.24, 2.45) is 0 Å². The largest absolute Gasteiger partial charge is 0.103 e. The van der Waals surface area contributed by atoms with Crippen molar-refractivity contribution in [1.29, 1.82) is 0 Å². The van der Waals surface area contributed by atoms with Crippen molar-refractivity contribution < 1.29 is 0 Å². The van der Waals surface area contributed by atoms with Crippen molar-refractivity contribution >= 4 is 0 Å². The Kier molecular flexibility index (Phi) is 19.3. The number of allylic oxidation sites excluding steroid dienone is 3. The van der Waals surface area contributed by atoms with Gasteiger partial charge in [0.2, 0.25) is 0 Å². The van der Waals surface area contributed by atoms with Crippen LogP contribution in [0.15, 0.2) is 24.8 Å². The molecule has 0 heteroatoms. The van der Waals surface area contributed by atoms with Gasteiger partial charge in [0.25, 0.3) is 0 Å². The zero-order valence-electron chi connectivity index (χ0n) is 8.27. The molecule has 0 N–H and O–H groups in total. The smallest absolute Gasteiger partial charge is 0.0353 e. The molecule has 0 saturated carbocycles. The van der Waals surface area contributed by atoms with E-state index in [1.807, 2.05) is 6.08 Å². The maximum absolute atomic E-state index is 3.48. The molecule has 66 valence electrons. The van der Waals surface area contributed by atoms with E-state index >= 15 is 0 Å². The molecule has 0 saturated heterocycles. The molecular formula is C11H22. The molecule has 0 unspecified atom stereocenters. The van der Waals surface area contributed by atoms with Crippen LogP contribution in [0, 0.1) is 0 Å². The number of rotatable bonds is 4. The van der Waals surface area contributed by atoms with Crippen LogP contribution in [0.4, 0.5) is 0 Å². The summed E-state index contributed by atoms with van der Waals surface area (Å²) >= 11 is 0. The van der Waals surface area contributed by atoms with E-state index in [-0.39, 0.29) is 0 Å². The summed E-state index contributed by atoms with van der Waals surface area (Å²) in [5.74, 6) is 0. The van der Waals surface area contributed by atoms with Gasteiger partial charge in [0.15, 0.2) is 0 Å². The minimum atomic E-state index is 1.08. The van der Waals surface area contributed by atoms with Gasteiger partial charge >= 0.3 is 0 Å². The van der Waals surface area contributed by atoms with Gasteiger partial charge in [-0.25, -0.2) is 0 Å². The Labute approximate surface area is 72.0 Å². The summed E-state index contributed by atoms with van der Waals surface area (Å²) in [4.78, 5) is 0. The molecule has 0 aromatic heterocycles. The van der Waals surface area contributed by atoms with E-state index < -0.39 is 0 Å². The fourth-order valence-electron chi connectivity index (χ4n) is 0.451. The molecule has 0 radical (unpaired) electrons. The highest BCUT2D eigenvalue weighted by molar-refractivity contribution is 4.78. The molecule has 0 aliphatic carbocycles. The van der Waals surface area contributed by atoms with E-state index in [0.29, 0.717) is 0 Å². The Bertz CT molecular complexity index is 80.0. The average molecular weight is 154 g/mol. The second-order valence-corrected chi connectivity index (χ2v) is 2.37. The zero-order chi connectivity index (χ0) is 8.95. The van der Waals surface area contributed by atoms with Gasteiger partial charge in [-0.15, -0.1) is 6.58 Å². The van der Waals surface area contributed by atoms with E-state index in [4.69, 9.17) is 0 Å². The van der Waals surface area contributed by atoms with Crippen molar-refractivity contribution in [1.82, 2.24) is 0 Å². The van der Waals surface area contributed by atoms with Crippen LogP contribution < -0.4 is 0 Å². The Morgan fingerprint density at radius 3 is 1.82 bits per heavy atom. The van der Waals surface area contributed by atoms with Gasteiger partial charge in [-0.1, -0.05) is 45.4 Å². The van der Waals surface area contributed by atoms with Crippen molar-refractivity contribution in [3.05, 3.63) is 24.8 Å². The zero-order valence-corrected chi connectivity index (χ0v) is 8.27. The second kappa shape index (κ2) is 16.2. The first kappa shape index (κ1) is 13.1. The van der Waals surface area contributed by atoms with Gasteiger partial charge in [0.1, 0.15) is 0 Å². The minimum absolute atomic E-state index is 1.08. The van der Waals surface area contributed by atoms with E-state index in [0.717, 1.165) is 6.42 Å². The van der Waals surface area contributed by atoms with Crippen LogP contribution in [0.25, 0.3) is 0 Å². The van der Waals surface area contributed by atoms with Crippen LogP contribution in [0.5, 0.6) is 0 Å². The lowest BCUT2D eigenvalue weighted by Crippen LogP contribution is -1.58. The molecule has 0 spiro atoms. The average Bonchev–Trinajstić information content (AvgIpc) is 2.06. The molecule has 0 fully saturated rings. The molecule has 11 heavy (non-hydrogen) atoms. The predicted octanol–water partition coefficient (Wildman–Crippen LogP) is 4.34. The summed E-state index contributed by atoms with van der Waals surface area (Å²) in [6.07, 6.45) is 11.1. The Morgan fingerprint density at radius 1 is 1.00 bits per heavy atom. The van der Waals surface area contributed by atoms with E-state index in [9.17, 15) is 0 Å². The lowest BCUT2D eigenvalue weighted by molar-refractivity contribution is 0.952. The normalized spacial score (nSPS) is 9.00. The Hall–Kier alpha value is -0.520. The summed E-state index contributed by atoms with van der Waals surface area (Å²) in [7, 11) is 0. The van der Waals surface area contributed by atoms with Gasteiger partial charge in [0, 0.05) is 0 Å². The fourth-order valence-corrected chi connectivity index (χ4v) is 0.451. The lowest BCUT2D eigenvalue weighted by Gasteiger charge is -1.79. The first-order valence-corrected chi connectivity index (χ1v) is 4.59. The summed E-state index contributed by atoms with van der Waals surface area (Å²) in [5.41, 5.74) is 0. The second-order valence-electron chi connectivity index (χ2n) is 2.37. The number of unbranched alkanes of at least 4 members (excludes halogenated alkanes) is 1. The summed E-state index contributed by atoms with van der Waals surface area (Å²) < 4.78 is 0. The fraction of sp³-hybridized carbons (Fsp3) is 0.636. The van der Waals surface area contributed by atoms with Gasteiger partial charge < -0.3 is 0 Å². The Morgan fingerprint density at radius 2 is 1.55 bits per heavy atom. The van der Waals surface area contributed by atoms with Gasteiger partial charge in [0.05, 0.1) is 0 Å². The van der Waals surface area contributed by atoms with E-state index in [1.165, 1.54) is 19.3 Å². The highest BCUT2D eigenvalue weighted by atomic mass is 13.7. The third-order valence-electron chi connectivity index (χ3n) is 1.15. The minimum Gasteiger partial charge on any atom is -0.103 e. The monoisotopic (exact) mass is 154 g/mol. The van der Waals surface area contributed by atoms with Crippen molar-refractivity contribution in [2.75, 3.05) is 0 Å². The van der Waals surface area contributed by atoms with Gasteiger partial charge in [-0.05, 0) is 19.3 Å². The highest BCUT2D eigenvalue weighted by Crippen LogP contribution is 1.88. The number of hydrogen-bond acceptors (Lipinski definition) is 0. The van der Waals surface area contributed by atoms with Crippen molar-refractivity contribution in [3.8, 4) is 0 Å². The first-order valence-electron chi connectivity index (χ1n) is 4.59. The van der Waals surface area contributed by atoms with E-state index in [2.05, 4.69) is 39.5 Å². The molecule has 0 rings (SSSR count). The predicted molar refractivity (Wildman–Crippen MR) is 54.8 cm³/mol. The molecule has 0 aromatic rings. The van der Waals surface area contributed by atoms with Crippen LogP contribution in [0.1, 0.15) is 46.5 Å². The molecule has 0 atom stereocenters. The highest BCUT2D eigenvalue weighted by Gasteiger charge is 1.68. The lowest BCUT2D eigenvalue weighted by atomic mass is 10.3. The third kappa shape index (κ3) is 26.4. The van der Waals surface area contributed by atoms with Crippen LogP contribution in [-0.4, -0.2) is 0 Å². The summed E-state index contributed by atoms with van der Waals surface area (Å²) in [5, 5.41) is 0. The van der Waals surface area contributed by atoms with Gasteiger partial charge in [-0.3, -0.25) is 0 Å². The maximum Gasteiger partial charge on any atom is -0.0353 e. The van der Waals surface area contributed by atoms with Crippen LogP contribution in [0.2, 0.25) is 0 Å². The summed E-state index contributed by atoms with van der Waals surface area (Å²) in [6, 6.07) is 0. The molecule has 0 aliphatic heterocycles. The van der Waals surface area contributed by atoms with Crippen LogP contribution in [-0.2, 0) is 0 Å². The third-order valence-corrected chi connectivity index (χ3v) is 1.15. The molecule has 0 nitrogen and oxygen atoms in total. The summed E-state index contributed by atoms with van der Waals surface area (Å²) in [6.45, 7) is 9.90. The molecular weight excluding hydrogens is 132 g/mol. The quantitative estimate of drug-likeness (QED) is 0.528. The van der Waals surface area contributed by atoms with E-state index in [1.54, 1.807) is 0 Å². The standard InChI is InChI=1S/C7H14.C4H8/c1-3-5-7-6-4-2;1-3-4-2/h5,7H,3-4,6H2,1-2H3;3H,1,4H2,2H3/b7-5+;. The first-order chi connectivity index (χ1) is 5.33. The van der Waals surface area contributed by atoms with Gasteiger partial charge in [-0.2, -0.15) is 0 Å². The topological polar surface area (TPSA) is 0 Å². The van der Waals surface area contributed by atoms with Crippen LogP contribution in [0.3, 0.4) is 0 Å². The molecule has 0 aromatic carbocycles. The Balaban J connectivity index is 0. The molecule has 0 heterocycles. The maximum atomic E-state index is 3.48. The molecule has 0 bridgehead atoms. The SMILES string of the molecule is C=CCC.CC/C=C/CCC. The van der Waals surface area contributed by atoms with Crippen molar-refractivity contribution in [2.45, 2.75) is 46.5 Å². The van der Waals surface area contributed by atoms with Crippen molar-refractivity contribution in [3.63, 3.8) is 0 Å². The molecule has 0 aliphatic rings. The number of hydrogen-bond donors (Lipinski definition) is 0. The van der Waals surface area contributed by atoms with Crippen LogP contribution >= 0.6 is 0 Å². The molecule has 0 amide bonds.